The molecule has 0 bridgehead atoms. The zero-order chi connectivity index (χ0) is 11.4. The molecule has 0 saturated carbocycles. The van der Waals surface area contributed by atoms with Crippen LogP contribution in [0.2, 0.25) is 0 Å². The molecular weight excluding hydrogens is 188 g/mol. The summed E-state index contributed by atoms with van der Waals surface area (Å²) in [5.41, 5.74) is 0. The molecule has 0 radical (unpaired) electrons. The minimum atomic E-state index is -0.346. The Morgan fingerprint density at radius 2 is 1.93 bits per heavy atom. The molecule has 0 saturated heterocycles. The second kappa shape index (κ2) is 10.8. The topological polar surface area (TPSA) is 26.3 Å². The number of esters is 1. The summed E-state index contributed by atoms with van der Waals surface area (Å²) in [4.78, 5) is 10.9. The Hall–Kier alpha value is -1.23. The Morgan fingerprint density at radius 1 is 1.27 bits per heavy atom. The van der Waals surface area contributed by atoms with Gasteiger partial charge in [0.1, 0.15) is 0 Å². The third-order valence-corrected chi connectivity index (χ3v) is 2.06. The molecule has 84 valence electrons. The zero-order valence-electron chi connectivity index (χ0n) is 9.50. The average Bonchev–Trinajstić information content (AvgIpc) is 2.25. The molecule has 0 aromatic heterocycles. The quantitative estimate of drug-likeness (QED) is 0.265. The van der Waals surface area contributed by atoms with Crippen molar-refractivity contribution in [2.45, 2.75) is 45.4 Å². The van der Waals surface area contributed by atoms with Crippen molar-refractivity contribution in [1.82, 2.24) is 0 Å². The van der Waals surface area contributed by atoms with Gasteiger partial charge in [-0.2, -0.15) is 0 Å². The summed E-state index contributed by atoms with van der Waals surface area (Å²) < 4.78 is 4.93. The SMILES string of the molecule is C#C/C=C/C(=O)OCCCCCCCC. The second-order valence-corrected chi connectivity index (χ2v) is 3.44. The number of ether oxygens (including phenoxy) is 1. The van der Waals surface area contributed by atoms with E-state index in [0.29, 0.717) is 6.61 Å². The van der Waals surface area contributed by atoms with Crippen molar-refractivity contribution in [3.63, 3.8) is 0 Å². The van der Waals surface area contributed by atoms with Gasteiger partial charge in [-0.05, 0) is 12.5 Å². The van der Waals surface area contributed by atoms with Gasteiger partial charge in [-0.1, -0.05) is 44.9 Å². The van der Waals surface area contributed by atoms with Crippen LogP contribution in [0.5, 0.6) is 0 Å². The van der Waals surface area contributed by atoms with Crippen molar-refractivity contribution in [2.24, 2.45) is 0 Å². The summed E-state index contributed by atoms with van der Waals surface area (Å²) in [6.07, 6.45) is 14.7. The van der Waals surface area contributed by atoms with Gasteiger partial charge < -0.3 is 4.74 Å². The molecule has 0 atom stereocenters. The number of rotatable bonds is 8. The monoisotopic (exact) mass is 208 g/mol. The summed E-state index contributed by atoms with van der Waals surface area (Å²) in [5.74, 6) is 1.90. The molecule has 0 rings (SSSR count). The Morgan fingerprint density at radius 3 is 2.60 bits per heavy atom. The second-order valence-electron chi connectivity index (χ2n) is 3.44. The van der Waals surface area contributed by atoms with E-state index in [1.54, 1.807) is 0 Å². The molecule has 15 heavy (non-hydrogen) atoms. The molecule has 0 aromatic carbocycles. The summed E-state index contributed by atoms with van der Waals surface area (Å²) in [6, 6.07) is 0. The maximum atomic E-state index is 10.9. The fourth-order valence-corrected chi connectivity index (χ4v) is 1.22. The first-order valence-corrected chi connectivity index (χ1v) is 5.60. The predicted octanol–water partition coefficient (Wildman–Crippen LogP) is 3.08. The molecule has 0 fully saturated rings. The summed E-state index contributed by atoms with van der Waals surface area (Å²) in [6.45, 7) is 2.69. The molecule has 0 aliphatic rings. The number of unbranched alkanes of at least 4 members (excludes halogenated alkanes) is 5. The van der Waals surface area contributed by atoms with Gasteiger partial charge in [0.15, 0.2) is 0 Å². The van der Waals surface area contributed by atoms with Gasteiger partial charge in [0.05, 0.1) is 6.61 Å². The lowest BCUT2D eigenvalue weighted by Gasteiger charge is -2.01. The van der Waals surface area contributed by atoms with Crippen molar-refractivity contribution in [3.8, 4) is 12.3 Å². The van der Waals surface area contributed by atoms with Crippen LogP contribution >= 0.6 is 0 Å². The molecule has 2 heteroatoms. The summed E-state index contributed by atoms with van der Waals surface area (Å²) >= 11 is 0. The maximum absolute atomic E-state index is 10.9. The minimum Gasteiger partial charge on any atom is -0.463 e. The van der Waals surface area contributed by atoms with Gasteiger partial charge in [0.25, 0.3) is 0 Å². The smallest absolute Gasteiger partial charge is 0.331 e. The Labute approximate surface area is 92.7 Å². The van der Waals surface area contributed by atoms with Crippen LogP contribution in [0.15, 0.2) is 12.2 Å². The number of hydrogen-bond donors (Lipinski definition) is 0. The Bertz CT molecular complexity index is 223. The van der Waals surface area contributed by atoms with Crippen molar-refractivity contribution in [3.05, 3.63) is 12.2 Å². The highest BCUT2D eigenvalue weighted by molar-refractivity contribution is 5.82. The summed E-state index contributed by atoms with van der Waals surface area (Å²) in [5, 5.41) is 0. The molecule has 0 aliphatic heterocycles. The number of allylic oxidation sites excluding steroid dienone is 1. The first-order valence-electron chi connectivity index (χ1n) is 5.60. The fraction of sp³-hybridized carbons (Fsp3) is 0.615. The molecule has 0 unspecified atom stereocenters. The lowest BCUT2D eigenvalue weighted by molar-refractivity contribution is -0.137. The third-order valence-electron chi connectivity index (χ3n) is 2.06. The molecule has 0 spiro atoms. The Balaban J connectivity index is 3.21. The van der Waals surface area contributed by atoms with E-state index in [-0.39, 0.29) is 5.97 Å². The Kier molecular flexibility index (Phi) is 9.96. The van der Waals surface area contributed by atoms with E-state index in [1.807, 2.05) is 0 Å². The van der Waals surface area contributed by atoms with E-state index >= 15 is 0 Å². The highest BCUT2D eigenvalue weighted by Gasteiger charge is 1.95. The van der Waals surface area contributed by atoms with E-state index in [4.69, 9.17) is 11.2 Å². The van der Waals surface area contributed by atoms with Gasteiger partial charge in [0.2, 0.25) is 0 Å². The maximum Gasteiger partial charge on any atom is 0.331 e. The van der Waals surface area contributed by atoms with Crippen LogP contribution in [0.3, 0.4) is 0 Å². The fourth-order valence-electron chi connectivity index (χ4n) is 1.22. The standard InChI is InChI=1S/C13H20O2/c1-3-5-7-8-9-10-12-15-13(14)11-6-4-2/h2,6,11H,3,5,7-10,12H2,1H3/b11-6+. The van der Waals surface area contributed by atoms with E-state index in [9.17, 15) is 4.79 Å². The largest absolute Gasteiger partial charge is 0.463 e. The van der Waals surface area contributed by atoms with Crippen LogP contribution < -0.4 is 0 Å². The molecule has 0 amide bonds. The van der Waals surface area contributed by atoms with Crippen LogP contribution in [-0.4, -0.2) is 12.6 Å². The van der Waals surface area contributed by atoms with Crippen molar-refractivity contribution in [2.75, 3.05) is 6.61 Å². The number of terminal acetylenes is 1. The van der Waals surface area contributed by atoms with E-state index in [0.717, 1.165) is 12.8 Å². The minimum absolute atomic E-state index is 0.346. The molecular formula is C13H20O2. The van der Waals surface area contributed by atoms with Gasteiger partial charge >= 0.3 is 5.97 Å². The van der Waals surface area contributed by atoms with Crippen molar-refractivity contribution in [1.29, 1.82) is 0 Å². The highest BCUT2D eigenvalue weighted by Crippen LogP contribution is 2.04. The van der Waals surface area contributed by atoms with Gasteiger partial charge in [-0.3, -0.25) is 0 Å². The number of carbonyl (C=O) groups excluding carboxylic acids is 1. The molecule has 0 aromatic rings. The van der Waals surface area contributed by atoms with E-state index < -0.39 is 0 Å². The average molecular weight is 208 g/mol. The normalized spacial score (nSPS) is 10.1. The highest BCUT2D eigenvalue weighted by atomic mass is 16.5. The van der Waals surface area contributed by atoms with Crippen LogP contribution in [0, 0.1) is 12.3 Å². The van der Waals surface area contributed by atoms with Crippen molar-refractivity contribution < 1.29 is 9.53 Å². The molecule has 0 aliphatic carbocycles. The predicted molar refractivity (Wildman–Crippen MR) is 62.3 cm³/mol. The molecule has 0 N–H and O–H groups in total. The first kappa shape index (κ1) is 13.8. The van der Waals surface area contributed by atoms with Gasteiger partial charge in [0, 0.05) is 6.08 Å². The first-order chi connectivity index (χ1) is 7.31. The van der Waals surface area contributed by atoms with E-state index in [2.05, 4.69) is 12.8 Å². The van der Waals surface area contributed by atoms with E-state index in [1.165, 1.54) is 37.8 Å². The summed E-state index contributed by atoms with van der Waals surface area (Å²) in [7, 11) is 0. The van der Waals surface area contributed by atoms with Gasteiger partial charge in [-0.15, -0.1) is 6.42 Å². The van der Waals surface area contributed by atoms with Crippen LogP contribution in [0.1, 0.15) is 45.4 Å². The van der Waals surface area contributed by atoms with Crippen LogP contribution in [0.25, 0.3) is 0 Å². The van der Waals surface area contributed by atoms with Crippen LogP contribution in [-0.2, 0) is 9.53 Å². The van der Waals surface area contributed by atoms with Gasteiger partial charge in [-0.25, -0.2) is 4.79 Å². The zero-order valence-corrected chi connectivity index (χ0v) is 9.50. The molecule has 2 nitrogen and oxygen atoms in total. The van der Waals surface area contributed by atoms with Crippen LogP contribution in [0.4, 0.5) is 0 Å². The number of hydrogen-bond acceptors (Lipinski definition) is 2. The lowest BCUT2D eigenvalue weighted by atomic mass is 10.1. The third kappa shape index (κ3) is 10.7. The lowest BCUT2D eigenvalue weighted by Crippen LogP contribution is -2.01. The number of carbonyl (C=O) groups is 1. The van der Waals surface area contributed by atoms with Crippen molar-refractivity contribution >= 4 is 5.97 Å². The molecule has 0 heterocycles.